The molecule has 0 heterocycles. The van der Waals surface area contributed by atoms with E-state index < -0.39 is 97.5 Å². The predicted octanol–water partition coefficient (Wildman–Crippen LogP) is 23.8. The molecule has 0 aliphatic carbocycles. The lowest BCUT2D eigenvalue weighted by Crippen LogP contribution is -2.30. The Morgan fingerprint density at radius 1 is 0.245 bits per heavy atom. The number of unbranched alkanes of at least 4 members (excludes halogenated alkanes) is 54. The minimum atomic E-state index is -4.96. The van der Waals surface area contributed by atoms with Crippen LogP contribution >= 0.6 is 15.6 Å². The van der Waals surface area contributed by atoms with Crippen LogP contribution in [0.3, 0.4) is 0 Å². The molecule has 0 aromatic rings. The SMILES string of the molecule is CCCCCCCCCCCCCCCCCCCCC(=O)O[C@H](COC(=O)CCCCCCCCCCCCCCCCCC)COP(=O)(O)OC[C@@H](O)COP(=O)(O)OC[C@@H](COC(=O)CCCCCCCCCC)OC(=O)CCCCCCCCCCCCCCCCCC. The van der Waals surface area contributed by atoms with Gasteiger partial charge in [0.15, 0.2) is 12.2 Å². The summed E-state index contributed by atoms with van der Waals surface area (Å²) in [4.78, 5) is 72.9. The van der Waals surface area contributed by atoms with Crippen LogP contribution in [0.15, 0.2) is 0 Å². The van der Waals surface area contributed by atoms with Gasteiger partial charge in [0, 0.05) is 25.7 Å². The Morgan fingerprint density at radius 2 is 0.408 bits per heavy atom. The molecular formula is C79H154O17P2. The molecule has 0 amide bonds. The summed E-state index contributed by atoms with van der Waals surface area (Å²) in [5.41, 5.74) is 0. The largest absolute Gasteiger partial charge is 0.472 e. The number of carbonyl (C=O) groups excluding carboxylic acids is 4. The van der Waals surface area contributed by atoms with Gasteiger partial charge in [-0.25, -0.2) is 9.13 Å². The zero-order valence-corrected chi connectivity index (χ0v) is 65.6. The van der Waals surface area contributed by atoms with Gasteiger partial charge in [0.25, 0.3) is 0 Å². The summed E-state index contributed by atoms with van der Waals surface area (Å²) in [5, 5.41) is 10.6. The molecule has 0 aromatic carbocycles. The molecule has 0 radical (unpaired) electrons. The third-order valence-electron chi connectivity index (χ3n) is 18.6. The van der Waals surface area contributed by atoms with E-state index in [-0.39, 0.29) is 25.7 Å². The maximum atomic E-state index is 13.1. The van der Waals surface area contributed by atoms with E-state index >= 15 is 0 Å². The van der Waals surface area contributed by atoms with Crippen LogP contribution in [-0.4, -0.2) is 96.7 Å². The lowest BCUT2D eigenvalue weighted by Gasteiger charge is -2.21. The van der Waals surface area contributed by atoms with Gasteiger partial charge in [-0.1, -0.05) is 374 Å². The summed E-state index contributed by atoms with van der Waals surface area (Å²) in [6, 6.07) is 0. The van der Waals surface area contributed by atoms with Crippen molar-refractivity contribution in [3.8, 4) is 0 Å². The van der Waals surface area contributed by atoms with E-state index in [4.69, 9.17) is 37.0 Å². The molecule has 98 heavy (non-hydrogen) atoms. The highest BCUT2D eigenvalue weighted by molar-refractivity contribution is 7.47. The molecular weight excluding hydrogens is 1280 g/mol. The van der Waals surface area contributed by atoms with Crippen LogP contribution in [0, 0.1) is 0 Å². The van der Waals surface area contributed by atoms with Gasteiger partial charge in [0.1, 0.15) is 19.3 Å². The van der Waals surface area contributed by atoms with Crippen LogP contribution < -0.4 is 0 Å². The Balaban J connectivity index is 5.20. The van der Waals surface area contributed by atoms with Crippen molar-refractivity contribution in [2.24, 2.45) is 0 Å². The molecule has 0 fully saturated rings. The molecule has 0 spiro atoms. The van der Waals surface area contributed by atoms with Crippen molar-refractivity contribution in [2.45, 2.75) is 444 Å². The fraction of sp³-hybridized carbons (Fsp3) is 0.949. The molecule has 0 aliphatic rings. The molecule has 0 aromatic heterocycles. The summed E-state index contributed by atoms with van der Waals surface area (Å²) >= 11 is 0. The van der Waals surface area contributed by atoms with Crippen LogP contribution in [0.4, 0.5) is 0 Å². The summed E-state index contributed by atoms with van der Waals surface area (Å²) in [6.45, 7) is 5.00. The van der Waals surface area contributed by atoms with Crippen molar-refractivity contribution in [3.63, 3.8) is 0 Å². The highest BCUT2D eigenvalue weighted by Gasteiger charge is 2.30. The number of hydrogen-bond donors (Lipinski definition) is 3. The topological polar surface area (TPSA) is 237 Å². The van der Waals surface area contributed by atoms with Crippen LogP contribution in [0.1, 0.15) is 426 Å². The maximum Gasteiger partial charge on any atom is 0.472 e. The van der Waals surface area contributed by atoms with Gasteiger partial charge < -0.3 is 33.8 Å². The molecule has 3 N–H and O–H groups in total. The average Bonchev–Trinajstić information content (AvgIpc) is 1.02. The molecule has 0 saturated heterocycles. The van der Waals surface area contributed by atoms with E-state index in [0.29, 0.717) is 25.7 Å². The zero-order chi connectivity index (χ0) is 71.8. The molecule has 5 atom stereocenters. The number of phosphoric acid groups is 2. The Labute approximate surface area is 600 Å². The lowest BCUT2D eigenvalue weighted by atomic mass is 10.0. The third-order valence-corrected chi connectivity index (χ3v) is 20.5. The Bertz CT molecular complexity index is 1860. The fourth-order valence-corrected chi connectivity index (χ4v) is 13.9. The Morgan fingerprint density at radius 3 is 0.602 bits per heavy atom. The highest BCUT2D eigenvalue weighted by Crippen LogP contribution is 2.45. The second kappa shape index (κ2) is 73.4. The first-order chi connectivity index (χ1) is 47.7. The normalized spacial score (nSPS) is 13.8. The molecule has 582 valence electrons. The van der Waals surface area contributed by atoms with Crippen LogP contribution in [0.5, 0.6) is 0 Å². The van der Waals surface area contributed by atoms with Gasteiger partial charge in [0.2, 0.25) is 0 Å². The molecule has 0 aliphatic heterocycles. The van der Waals surface area contributed by atoms with Crippen LogP contribution in [0.25, 0.3) is 0 Å². The fourth-order valence-electron chi connectivity index (χ4n) is 12.3. The number of hydrogen-bond acceptors (Lipinski definition) is 15. The number of ether oxygens (including phenoxy) is 4. The first kappa shape index (κ1) is 96.1. The van der Waals surface area contributed by atoms with Crippen LogP contribution in [-0.2, 0) is 65.4 Å². The second-order valence-electron chi connectivity index (χ2n) is 28.5. The quantitative estimate of drug-likeness (QED) is 0.0222. The molecule has 19 heteroatoms. The van der Waals surface area contributed by atoms with Crippen LogP contribution in [0.2, 0.25) is 0 Å². The van der Waals surface area contributed by atoms with Crippen molar-refractivity contribution in [2.75, 3.05) is 39.6 Å². The second-order valence-corrected chi connectivity index (χ2v) is 31.4. The molecule has 17 nitrogen and oxygen atoms in total. The van der Waals surface area contributed by atoms with Gasteiger partial charge in [-0.15, -0.1) is 0 Å². The highest BCUT2D eigenvalue weighted by atomic mass is 31.2. The van der Waals surface area contributed by atoms with E-state index in [1.807, 2.05) is 0 Å². The molecule has 0 rings (SSSR count). The van der Waals surface area contributed by atoms with E-state index in [1.54, 1.807) is 0 Å². The molecule has 0 bridgehead atoms. The monoisotopic (exact) mass is 1440 g/mol. The van der Waals surface area contributed by atoms with Crippen molar-refractivity contribution >= 4 is 39.5 Å². The zero-order valence-electron chi connectivity index (χ0n) is 63.8. The van der Waals surface area contributed by atoms with Crippen molar-refractivity contribution in [1.29, 1.82) is 0 Å². The number of phosphoric ester groups is 2. The van der Waals surface area contributed by atoms with Gasteiger partial charge in [-0.05, 0) is 25.7 Å². The predicted molar refractivity (Wildman–Crippen MR) is 400 cm³/mol. The average molecular weight is 1440 g/mol. The van der Waals surface area contributed by atoms with Gasteiger partial charge in [-0.3, -0.25) is 37.3 Å². The van der Waals surface area contributed by atoms with E-state index in [1.165, 1.54) is 257 Å². The first-order valence-corrected chi connectivity index (χ1v) is 44.3. The standard InChI is InChI=1S/C79H154O17P2/c1-5-9-13-17-21-25-28-31-34-37-38-41-44-47-50-54-58-62-66-79(84)96-75(70-90-77(82)64-60-56-52-48-45-42-39-35-32-29-26-22-18-14-10-6-2)72-94-98(87,88)92-68-73(80)67-91-97(85,86)93-71-74(69-89-76(81)63-59-55-51-24-20-16-12-8-4)95-78(83)65-61-57-53-49-46-43-40-36-33-30-27-23-19-15-11-7-3/h73-75,80H,5-72H2,1-4H3,(H,85,86)(H,87,88)/t73-,74+,75+/m0/s1. The summed E-state index contributed by atoms with van der Waals surface area (Å²) in [6.07, 6.45) is 65.2. The third kappa shape index (κ3) is 72.4. The number of aliphatic hydroxyl groups is 1. The number of aliphatic hydroxyl groups excluding tert-OH is 1. The van der Waals surface area contributed by atoms with E-state index in [9.17, 15) is 43.2 Å². The van der Waals surface area contributed by atoms with E-state index in [0.717, 1.165) is 89.9 Å². The first-order valence-electron chi connectivity index (χ1n) is 41.3. The lowest BCUT2D eigenvalue weighted by molar-refractivity contribution is -0.161. The van der Waals surface area contributed by atoms with Gasteiger partial charge in [-0.2, -0.15) is 0 Å². The number of rotatable bonds is 80. The summed E-state index contributed by atoms with van der Waals surface area (Å²) in [7, 11) is -9.91. The molecule has 2 unspecified atom stereocenters. The summed E-state index contributed by atoms with van der Waals surface area (Å²) < 4.78 is 68.6. The smallest absolute Gasteiger partial charge is 0.462 e. The Kier molecular flexibility index (Phi) is 71.9. The van der Waals surface area contributed by atoms with Crippen molar-refractivity contribution in [1.82, 2.24) is 0 Å². The van der Waals surface area contributed by atoms with Crippen molar-refractivity contribution < 1.29 is 80.2 Å². The summed E-state index contributed by atoms with van der Waals surface area (Å²) in [5.74, 6) is -2.11. The van der Waals surface area contributed by atoms with Gasteiger partial charge >= 0.3 is 39.5 Å². The van der Waals surface area contributed by atoms with Crippen molar-refractivity contribution in [3.05, 3.63) is 0 Å². The molecule has 0 saturated carbocycles. The minimum Gasteiger partial charge on any atom is -0.462 e. The minimum absolute atomic E-state index is 0.109. The maximum absolute atomic E-state index is 13.1. The Hall–Kier alpha value is -1.94. The van der Waals surface area contributed by atoms with E-state index in [2.05, 4.69) is 27.7 Å². The number of esters is 4. The van der Waals surface area contributed by atoms with Gasteiger partial charge in [0.05, 0.1) is 26.4 Å². The number of carbonyl (C=O) groups is 4.